The Morgan fingerprint density at radius 2 is 2.21 bits per heavy atom. The number of Topliss-reactive ketones (excluding diaryl/α,β-unsaturated/α-hetero) is 1. The maximum Gasteiger partial charge on any atom is 0.158 e. The van der Waals surface area contributed by atoms with Gasteiger partial charge in [-0.15, -0.1) is 0 Å². The number of aliphatic hydroxyl groups is 1. The summed E-state index contributed by atoms with van der Waals surface area (Å²) < 4.78 is 5.31. The smallest absolute Gasteiger partial charge is 0.158 e. The number of carbonyl (C=O) groups is 1. The van der Waals surface area contributed by atoms with Crippen molar-refractivity contribution in [3.63, 3.8) is 0 Å². The van der Waals surface area contributed by atoms with E-state index in [0.717, 1.165) is 17.6 Å². The lowest BCUT2D eigenvalue weighted by Gasteiger charge is -2.34. The van der Waals surface area contributed by atoms with Gasteiger partial charge < -0.3 is 9.84 Å². The number of methoxy groups -OCH3 is 1. The van der Waals surface area contributed by atoms with Gasteiger partial charge in [-0.1, -0.05) is 26.0 Å². The summed E-state index contributed by atoms with van der Waals surface area (Å²) in [5.41, 5.74) is 1.05. The predicted octanol–water partition coefficient (Wildman–Crippen LogP) is 3.03. The summed E-state index contributed by atoms with van der Waals surface area (Å²) in [5.74, 6) is 0.715. The molecule has 0 aromatic heterocycles. The van der Waals surface area contributed by atoms with E-state index in [9.17, 15) is 9.90 Å². The second-order valence-electron chi connectivity index (χ2n) is 5.95. The first-order chi connectivity index (χ1) is 8.80. The predicted molar refractivity (Wildman–Crippen MR) is 77.0 cm³/mol. The molecule has 2 unspecified atom stereocenters. The normalized spacial score (nSPS) is 29.7. The molecule has 1 aliphatic rings. The van der Waals surface area contributed by atoms with Gasteiger partial charge in [-0.2, -0.15) is 0 Å². The van der Waals surface area contributed by atoms with Gasteiger partial charge in [0.1, 0.15) is 5.60 Å². The Morgan fingerprint density at radius 1 is 1.58 bits per heavy atom. The van der Waals surface area contributed by atoms with Crippen molar-refractivity contribution in [3.8, 4) is 0 Å². The van der Waals surface area contributed by atoms with E-state index in [1.807, 2.05) is 26.0 Å². The maximum atomic E-state index is 12.1. The van der Waals surface area contributed by atoms with Gasteiger partial charge >= 0.3 is 0 Å². The van der Waals surface area contributed by atoms with Crippen molar-refractivity contribution in [2.45, 2.75) is 58.7 Å². The Labute approximate surface area is 116 Å². The summed E-state index contributed by atoms with van der Waals surface area (Å²) in [5, 5.41) is 10.1. The van der Waals surface area contributed by atoms with E-state index in [1.54, 1.807) is 7.11 Å². The van der Waals surface area contributed by atoms with E-state index >= 15 is 0 Å². The zero-order valence-electron chi connectivity index (χ0n) is 12.7. The zero-order valence-corrected chi connectivity index (χ0v) is 12.7. The highest BCUT2D eigenvalue weighted by Gasteiger charge is 2.34. The van der Waals surface area contributed by atoms with Crippen molar-refractivity contribution in [2.75, 3.05) is 7.11 Å². The van der Waals surface area contributed by atoms with Gasteiger partial charge in [0, 0.05) is 20.0 Å². The second kappa shape index (κ2) is 6.49. The standard InChI is InChI=1S/C16H26O3/c1-11(2)6-7-14(17)12(3)13-8-9-16(4,19-5)15(18)10-13/h8-9,11,15,18H,6-7,10H2,1-5H3/b13-12-. The fourth-order valence-electron chi connectivity index (χ4n) is 2.12. The highest BCUT2D eigenvalue weighted by Crippen LogP contribution is 2.30. The second-order valence-corrected chi connectivity index (χ2v) is 5.95. The quantitative estimate of drug-likeness (QED) is 0.778. The molecule has 1 rings (SSSR count). The molecule has 1 aliphatic carbocycles. The topological polar surface area (TPSA) is 46.5 Å². The molecule has 0 heterocycles. The average Bonchev–Trinajstić information content (AvgIpc) is 2.38. The molecule has 0 fully saturated rings. The number of carbonyl (C=O) groups excluding carboxylic acids is 1. The van der Waals surface area contributed by atoms with Gasteiger partial charge in [0.15, 0.2) is 5.78 Å². The lowest BCUT2D eigenvalue weighted by Crippen LogP contribution is -2.41. The Morgan fingerprint density at radius 3 is 2.68 bits per heavy atom. The zero-order chi connectivity index (χ0) is 14.6. The van der Waals surface area contributed by atoms with Gasteiger partial charge in [-0.3, -0.25) is 4.79 Å². The Balaban J connectivity index is 2.82. The number of ether oxygens (including phenoxy) is 1. The Hall–Kier alpha value is -0.930. The SMILES string of the molecule is COC1(C)C=C/C(=C(\C)C(=O)CCC(C)C)CC1O. The van der Waals surface area contributed by atoms with E-state index in [2.05, 4.69) is 13.8 Å². The van der Waals surface area contributed by atoms with Crippen molar-refractivity contribution in [1.82, 2.24) is 0 Å². The van der Waals surface area contributed by atoms with Crippen LogP contribution in [-0.2, 0) is 9.53 Å². The fraction of sp³-hybridized carbons (Fsp3) is 0.688. The number of ketones is 1. The van der Waals surface area contributed by atoms with Crippen LogP contribution in [0.1, 0.15) is 47.0 Å². The molecule has 0 saturated carbocycles. The fourth-order valence-corrected chi connectivity index (χ4v) is 2.12. The van der Waals surface area contributed by atoms with Crippen LogP contribution in [-0.4, -0.2) is 29.7 Å². The molecule has 19 heavy (non-hydrogen) atoms. The molecule has 108 valence electrons. The van der Waals surface area contributed by atoms with Crippen LogP contribution < -0.4 is 0 Å². The third kappa shape index (κ3) is 4.02. The summed E-state index contributed by atoms with van der Waals surface area (Å²) in [6.45, 7) is 7.93. The van der Waals surface area contributed by atoms with Gasteiger partial charge in [0.2, 0.25) is 0 Å². The van der Waals surface area contributed by atoms with Crippen LogP contribution in [0.5, 0.6) is 0 Å². The Kier molecular flexibility index (Phi) is 5.50. The van der Waals surface area contributed by atoms with Crippen LogP contribution in [0.4, 0.5) is 0 Å². The molecule has 0 radical (unpaired) electrons. The molecule has 0 aromatic rings. The summed E-state index contributed by atoms with van der Waals surface area (Å²) in [6, 6.07) is 0. The molecular weight excluding hydrogens is 240 g/mol. The number of allylic oxidation sites excluding steroid dienone is 2. The number of hydrogen-bond acceptors (Lipinski definition) is 3. The summed E-state index contributed by atoms with van der Waals surface area (Å²) in [7, 11) is 1.59. The van der Waals surface area contributed by atoms with Gasteiger partial charge in [-0.25, -0.2) is 0 Å². The molecule has 0 spiro atoms. The number of aliphatic hydroxyl groups excluding tert-OH is 1. The molecule has 3 nitrogen and oxygen atoms in total. The molecule has 2 atom stereocenters. The highest BCUT2D eigenvalue weighted by molar-refractivity contribution is 5.96. The van der Waals surface area contributed by atoms with Crippen LogP contribution in [0.2, 0.25) is 0 Å². The van der Waals surface area contributed by atoms with E-state index in [-0.39, 0.29) is 5.78 Å². The molecule has 0 bridgehead atoms. The molecule has 1 N–H and O–H groups in total. The monoisotopic (exact) mass is 266 g/mol. The van der Waals surface area contributed by atoms with Crippen LogP contribution in [0.15, 0.2) is 23.3 Å². The van der Waals surface area contributed by atoms with Crippen LogP contribution in [0.3, 0.4) is 0 Å². The number of rotatable bonds is 5. The van der Waals surface area contributed by atoms with Crippen LogP contribution in [0, 0.1) is 5.92 Å². The first-order valence-electron chi connectivity index (χ1n) is 6.95. The van der Waals surface area contributed by atoms with E-state index < -0.39 is 11.7 Å². The first kappa shape index (κ1) is 16.1. The van der Waals surface area contributed by atoms with Crippen LogP contribution in [0.25, 0.3) is 0 Å². The van der Waals surface area contributed by atoms with Crippen LogP contribution >= 0.6 is 0 Å². The molecule has 0 aliphatic heterocycles. The van der Waals surface area contributed by atoms with E-state index in [0.29, 0.717) is 18.8 Å². The largest absolute Gasteiger partial charge is 0.389 e. The lowest BCUT2D eigenvalue weighted by molar-refractivity contribution is -0.115. The van der Waals surface area contributed by atoms with Gasteiger partial charge in [0.25, 0.3) is 0 Å². The molecule has 0 amide bonds. The minimum atomic E-state index is -0.648. The van der Waals surface area contributed by atoms with E-state index in [1.165, 1.54) is 0 Å². The minimum Gasteiger partial charge on any atom is -0.389 e. The van der Waals surface area contributed by atoms with Crippen molar-refractivity contribution in [3.05, 3.63) is 23.3 Å². The molecule has 0 saturated heterocycles. The van der Waals surface area contributed by atoms with E-state index in [4.69, 9.17) is 4.74 Å². The summed E-state index contributed by atoms with van der Waals surface area (Å²) in [6.07, 6.45) is 5.11. The minimum absolute atomic E-state index is 0.182. The number of hydrogen-bond donors (Lipinski definition) is 1. The highest BCUT2D eigenvalue weighted by atomic mass is 16.5. The van der Waals surface area contributed by atoms with Crippen molar-refractivity contribution >= 4 is 5.78 Å². The molecule has 0 aromatic carbocycles. The summed E-state index contributed by atoms with van der Waals surface area (Å²) in [4.78, 5) is 12.1. The maximum absolute atomic E-state index is 12.1. The van der Waals surface area contributed by atoms with Crippen molar-refractivity contribution in [2.24, 2.45) is 5.92 Å². The third-order valence-electron chi connectivity index (χ3n) is 3.98. The molecular formula is C16H26O3. The van der Waals surface area contributed by atoms with Crippen molar-refractivity contribution in [1.29, 1.82) is 0 Å². The summed E-state index contributed by atoms with van der Waals surface area (Å²) >= 11 is 0. The average molecular weight is 266 g/mol. The lowest BCUT2D eigenvalue weighted by atomic mass is 9.84. The Bertz CT molecular complexity index is 393. The van der Waals surface area contributed by atoms with Gasteiger partial charge in [-0.05, 0) is 37.3 Å². The first-order valence-corrected chi connectivity index (χ1v) is 6.95. The molecule has 3 heteroatoms. The van der Waals surface area contributed by atoms with Crippen molar-refractivity contribution < 1.29 is 14.6 Å². The third-order valence-corrected chi connectivity index (χ3v) is 3.98. The van der Waals surface area contributed by atoms with Gasteiger partial charge in [0.05, 0.1) is 6.10 Å².